The molecule has 3 atom stereocenters. The molecule has 1 N–H and O–H groups in total. The first kappa shape index (κ1) is 26.8. The number of methoxy groups -OCH3 is 1. The first-order valence-corrected chi connectivity index (χ1v) is 16.4. The molecule has 3 aliphatic rings. The third kappa shape index (κ3) is 3.60. The average molecular weight is 617 g/mol. The van der Waals surface area contributed by atoms with E-state index in [2.05, 4.69) is 81.2 Å². The number of amides is 2. The van der Waals surface area contributed by atoms with Gasteiger partial charge in [-0.05, 0) is 48.2 Å². The van der Waals surface area contributed by atoms with E-state index in [4.69, 9.17) is 4.74 Å². The summed E-state index contributed by atoms with van der Waals surface area (Å²) in [4.78, 5) is 30.6. The lowest BCUT2D eigenvalue weighted by Gasteiger charge is -2.25. The van der Waals surface area contributed by atoms with Gasteiger partial charge in [-0.3, -0.25) is 14.5 Å². The zero-order chi connectivity index (χ0) is 31.4. The van der Waals surface area contributed by atoms with Crippen LogP contribution in [-0.4, -0.2) is 39.0 Å². The van der Waals surface area contributed by atoms with Crippen molar-refractivity contribution in [3.05, 3.63) is 125 Å². The first-order chi connectivity index (χ1) is 23.1. The largest absolute Gasteiger partial charge is 0.497 e. The van der Waals surface area contributed by atoms with E-state index < -0.39 is 0 Å². The Bertz CT molecular complexity index is 2440. The van der Waals surface area contributed by atoms with Gasteiger partial charge >= 0.3 is 0 Å². The molecule has 5 aromatic carbocycles. The number of hydrogen-bond donors (Lipinski definition) is 1. The summed E-state index contributed by atoms with van der Waals surface area (Å²) in [7, 11) is 1.63. The molecule has 1 aliphatic carbocycles. The molecule has 0 saturated heterocycles. The van der Waals surface area contributed by atoms with Gasteiger partial charge in [-0.1, -0.05) is 78.9 Å². The maximum Gasteiger partial charge on any atom is 0.262 e. The Hall–Kier alpha value is -5.40. The van der Waals surface area contributed by atoms with E-state index in [0.29, 0.717) is 11.1 Å². The van der Waals surface area contributed by atoms with Gasteiger partial charge in [0.05, 0.1) is 41.9 Å². The summed E-state index contributed by atoms with van der Waals surface area (Å²) in [5.74, 6) is 0.288. The van der Waals surface area contributed by atoms with Crippen molar-refractivity contribution < 1.29 is 14.3 Å². The molecule has 2 aliphatic heterocycles. The number of imide groups is 1. The van der Waals surface area contributed by atoms with Crippen molar-refractivity contribution in [3.63, 3.8) is 0 Å². The highest BCUT2D eigenvalue weighted by atomic mass is 16.5. The Balaban J connectivity index is 1.24. The molecule has 2 aromatic heterocycles. The van der Waals surface area contributed by atoms with Crippen LogP contribution in [0.4, 0.5) is 0 Å². The minimum atomic E-state index is -0.226. The highest BCUT2D eigenvalue weighted by molar-refractivity contribution is 6.39. The number of nitrogens with one attached hydrogen (secondary N) is 1. The van der Waals surface area contributed by atoms with E-state index in [0.717, 1.165) is 74.3 Å². The van der Waals surface area contributed by atoms with E-state index in [1.165, 1.54) is 10.5 Å². The first-order valence-electron chi connectivity index (χ1n) is 16.4. The van der Waals surface area contributed by atoms with E-state index >= 15 is 0 Å². The minimum Gasteiger partial charge on any atom is -0.497 e. The Morgan fingerprint density at radius 1 is 0.681 bits per heavy atom. The fourth-order valence-electron chi connectivity index (χ4n) is 8.87. The maximum atomic E-state index is 14.6. The van der Waals surface area contributed by atoms with Crippen molar-refractivity contribution in [1.82, 2.24) is 19.4 Å². The molecular weight excluding hydrogens is 584 g/mol. The summed E-state index contributed by atoms with van der Waals surface area (Å²) in [5, 5.41) is 7.80. The number of carbonyl (C=O) groups excluding carboxylic acids is 2. The van der Waals surface area contributed by atoms with Gasteiger partial charge in [-0.15, -0.1) is 0 Å². The van der Waals surface area contributed by atoms with Crippen LogP contribution in [0.3, 0.4) is 0 Å². The van der Waals surface area contributed by atoms with Crippen LogP contribution in [0, 0.1) is 0 Å². The summed E-state index contributed by atoms with van der Waals surface area (Å²) in [5.41, 5.74) is 7.61. The lowest BCUT2D eigenvalue weighted by atomic mass is 9.96. The lowest BCUT2D eigenvalue weighted by Crippen LogP contribution is -2.34. The van der Waals surface area contributed by atoms with Gasteiger partial charge < -0.3 is 19.2 Å². The van der Waals surface area contributed by atoms with Gasteiger partial charge in [0.15, 0.2) is 0 Å². The zero-order valence-electron chi connectivity index (χ0n) is 25.9. The highest BCUT2D eigenvalue weighted by Crippen LogP contribution is 2.54. The van der Waals surface area contributed by atoms with Crippen molar-refractivity contribution in [2.45, 2.75) is 44.1 Å². The second kappa shape index (κ2) is 9.80. The van der Waals surface area contributed by atoms with Gasteiger partial charge in [0.25, 0.3) is 11.8 Å². The topological polar surface area (TPSA) is 68.5 Å². The molecule has 2 bridgehead atoms. The van der Waals surface area contributed by atoms with Gasteiger partial charge in [0, 0.05) is 51.2 Å². The van der Waals surface area contributed by atoms with E-state index in [1.54, 1.807) is 7.11 Å². The van der Waals surface area contributed by atoms with Crippen LogP contribution < -0.4 is 10.1 Å². The average Bonchev–Trinajstić information content (AvgIpc) is 3.81. The van der Waals surface area contributed by atoms with Gasteiger partial charge in [-0.2, -0.15) is 0 Å². The predicted octanol–water partition coefficient (Wildman–Crippen LogP) is 7.76. The van der Waals surface area contributed by atoms with Gasteiger partial charge in [0.2, 0.25) is 0 Å². The highest BCUT2D eigenvalue weighted by Gasteiger charge is 2.46. The standard InChI is InChI=1S/C40H32N4O3/c1-47-26-17-15-24(16-18-26)22-42-39(45)35-33-27-11-5-7-13-30(27)43-25-19-29(41-21-23-9-3-2-4-10-23)32(20-25)44-31-14-8-6-12-28(31)34(36(35)40(42)46)38(44)37(33)43/h2-18,25,29,32,41H,19-22H2,1H3/t25?,29-,32?/m0/s1. The van der Waals surface area contributed by atoms with E-state index in [9.17, 15) is 9.59 Å². The molecule has 47 heavy (non-hydrogen) atoms. The predicted molar refractivity (Wildman–Crippen MR) is 184 cm³/mol. The molecule has 2 unspecified atom stereocenters. The molecule has 1 fully saturated rings. The monoisotopic (exact) mass is 616 g/mol. The summed E-state index contributed by atoms with van der Waals surface area (Å²) in [6.45, 7) is 0.997. The Labute approximate surface area is 270 Å². The number of rotatable bonds is 6. The molecule has 10 rings (SSSR count). The summed E-state index contributed by atoms with van der Waals surface area (Å²) in [6, 6.07) is 35.7. The molecule has 2 amide bonds. The number of carbonyl (C=O) groups is 2. The number of aromatic nitrogens is 2. The van der Waals surface area contributed by atoms with Crippen LogP contribution in [0.5, 0.6) is 5.75 Å². The lowest BCUT2D eigenvalue weighted by molar-refractivity contribution is 0.0643. The summed E-state index contributed by atoms with van der Waals surface area (Å²) < 4.78 is 10.4. The fourth-order valence-corrected chi connectivity index (χ4v) is 8.87. The molecule has 0 spiro atoms. The summed E-state index contributed by atoms with van der Waals surface area (Å²) >= 11 is 0. The van der Waals surface area contributed by atoms with E-state index in [1.807, 2.05) is 36.4 Å². The molecule has 7 aromatic rings. The third-order valence-corrected chi connectivity index (χ3v) is 10.8. The molecule has 1 saturated carbocycles. The van der Waals surface area contributed by atoms with Crippen molar-refractivity contribution in [2.24, 2.45) is 0 Å². The van der Waals surface area contributed by atoms with Crippen molar-refractivity contribution in [3.8, 4) is 5.75 Å². The number of nitrogens with zero attached hydrogens (tertiary/aromatic N) is 3. The number of hydrogen-bond acceptors (Lipinski definition) is 4. The van der Waals surface area contributed by atoms with Crippen LogP contribution in [0.2, 0.25) is 0 Å². The quantitative estimate of drug-likeness (QED) is 0.194. The molecule has 7 nitrogen and oxygen atoms in total. The number of benzene rings is 5. The number of fused-ring (bicyclic) bond motifs is 13. The number of para-hydroxylation sites is 2. The maximum absolute atomic E-state index is 14.6. The minimum absolute atomic E-state index is 0.189. The van der Waals surface area contributed by atoms with E-state index in [-0.39, 0.29) is 36.5 Å². The van der Waals surface area contributed by atoms with Crippen LogP contribution in [0.1, 0.15) is 56.8 Å². The second-order valence-corrected chi connectivity index (χ2v) is 13.2. The van der Waals surface area contributed by atoms with Gasteiger partial charge in [-0.25, -0.2) is 0 Å². The zero-order valence-corrected chi connectivity index (χ0v) is 25.9. The van der Waals surface area contributed by atoms with Gasteiger partial charge in [0.1, 0.15) is 5.75 Å². The Morgan fingerprint density at radius 3 is 1.94 bits per heavy atom. The number of ether oxygens (including phenoxy) is 1. The van der Waals surface area contributed by atoms with Crippen LogP contribution in [-0.2, 0) is 13.1 Å². The normalized spacial score (nSPS) is 19.9. The van der Waals surface area contributed by atoms with Crippen molar-refractivity contribution >= 4 is 55.4 Å². The SMILES string of the molecule is COc1ccc(CN2C(=O)c3c(c4c5ccccc5n5c4c4c3c3ccccc3n4C3CC5[C@@H](NCc4ccccc4)C3)C2=O)cc1. The third-order valence-electron chi connectivity index (χ3n) is 10.8. The Kier molecular flexibility index (Phi) is 5.58. The smallest absolute Gasteiger partial charge is 0.262 e. The molecular formula is C40H32N4O3. The van der Waals surface area contributed by atoms with Crippen LogP contribution in [0.25, 0.3) is 43.6 Å². The van der Waals surface area contributed by atoms with Crippen molar-refractivity contribution in [1.29, 1.82) is 0 Å². The Morgan fingerprint density at radius 2 is 1.28 bits per heavy atom. The van der Waals surface area contributed by atoms with Crippen LogP contribution in [0.15, 0.2) is 103 Å². The fraction of sp³-hybridized carbons (Fsp3) is 0.200. The second-order valence-electron chi connectivity index (χ2n) is 13.2. The molecule has 7 heteroatoms. The van der Waals surface area contributed by atoms with Crippen LogP contribution >= 0.6 is 0 Å². The molecule has 230 valence electrons. The van der Waals surface area contributed by atoms with Crippen molar-refractivity contribution in [2.75, 3.05) is 7.11 Å². The molecule has 0 radical (unpaired) electrons. The molecule has 4 heterocycles. The summed E-state index contributed by atoms with van der Waals surface area (Å²) in [6.07, 6.45) is 1.95.